The smallest absolute Gasteiger partial charge is 0.283 e. The summed E-state index contributed by atoms with van der Waals surface area (Å²) in [5, 5.41) is 15.2. The molecule has 0 aliphatic rings. The summed E-state index contributed by atoms with van der Waals surface area (Å²) in [4.78, 5) is 13.6. The van der Waals surface area contributed by atoms with Crippen LogP contribution in [0.25, 0.3) is 10.9 Å². The molecule has 0 bridgehead atoms. The van der Waals surface area contributed by atoms with Gasteiger partial charge in [-0.3, -0.25) is 10.1 Å². The number of rotatable bonds is 4. The number of aromatic nitrogens is 1. The Labute approximate surface area is 129 Å². The highest BCUT2D eigenvalue weighted by Crippen LogP contribution is 2.28. The summed E-state index contributed by atoms with van der Waals surface area (Å²) in [6.45, 7) is 0.641. The Morgan fingerprint density at radius 2 is 2.10 bits per heavy atom. The monoisotopic (exact) mass is 345 g/mol. The number of fused-ring (bicyclic) bond motifs is 1. The number of nitro benzene ring substituents is 1. The zero-order valence-electron chi connectivity index (χ0n) is 11.0. The molecule has 0 unspecified atom stereocenters. The van der Waals surface area contributed by atoms with Crippen molar-refractivity contribution in [1.82, 2.24) is 4.98 Å². The van der Waals surface area contributed by atoms with Crippen molar-refractivity contribution in [3.63, 3.8) is 0 Å². The van der Waals surface area contributed by atoms with Crippen LogP contribution in [-0.2, 0) is 6.54 Å². The van der Waals surface area contributed by atoms with Crippen LogP contribution in [0, 0.1) is 10.1 Å². The fourth-order valence-corrected chi connectivity index (χ4v) is 2.78. The third-order valence-corrected chi connectivity index (χ3v) is 3.94. The number of para-hydroxylation sites is 1. The van der Waals surface area contributed by atoms with E-state index in [0.29, 0.717) is 11.0 Å². The Morgan fingerprint density at radius 3 is 2.86 bits per heavy atom. The predicted molar refractivity (Wildman–Crippen MR) is 86.4 cm³/mol. The lowest BCUT2D eigenvalue weighted by Crippen LogP contribution is -2.00. The minimum Gasteiger partial charge on any atom is -0.381 e. The second-order valence-corrected chi connectivity index (χ2v) is 5.49. The van der Waals surface area contributed by atoms with Crippen molar-refractivity contribution in [1.29, 1.82) is 0 Å². The maximum Gasteiger partial charge on any atom is 0.283 e. The normalized spacial score (nSPS) is 10.7. The minimum atomic E-state index is -0.409. The van der Waals surface area contributed by atoms with E-state index in [4.69, 9.17) is 0 Å². The Hall–Kier alpha value is -2.34. The van der Waals surface area contributed by atoms with Crippen LogP contribution in [0.15, 0.2) is 53.1 Å². The molecule has 1 aromatic heterocycles. The van der Waals surface area contributed by atoms with E-state index in [-0.39, 0.29) is 5.69 Å². The number of benzene rings is 2. The molecular formula is C15H12BrN3O2. The molecule has 5 nitrogen and oxygen atoms in total. The Bertz CT molecular complexity index is 814. The number of anilines is 1. The van der Waals surface area contributed by atoms with Crippen molar-refractivity contribution in [3.05, 3.63) is 68.8 Å². The standard InChI is InChI=1S/C15H12BrN3O2/c16-13-8-12(4-5-14(13)19(20)21)18-9-11-3-1-2-10-6-7-17-15(10)11/h1-8,17-18H,9H2. The summed E-state index contributed by atoms with van der Waals surface area (Å²) in [6.07, 6.45) is 1.91. The van der Waals surface area contributed by atoms with Gasteiger partial charge in [-0.05, 0) is 45.1 Å². The summed E-state index contributed by atoms with van der Waals surface area (Å²) in [6, 6.07) is 13.1. The first kappa shape index (κ1) is 13.6. The SMILES string of the molecule is O=[N+]([O-])c1ccc(NCc2cccc3cc[nH]c23)cc1Br. The average molecular weight is 346 g/mol. The molecule has 6 heteroatoms. The van der Waals surface area contributed by atoms with E-state index < -0.39 is 4.92 Å². The molecule has 106 valence electrons. The molecule has 0 atom stereocenters. The third kappa shape index (κ3) is 2.75. The van der Waals surface area contributed by atoms with E-state index in [1.165, 1.54) is 11.5 Å². The fraction of sp³-hybridized carbons (Fsp3) is 0.0667. The van der Waals surface area contributed by atoms with Gasteiger partial charge in [-0.2, -0.15) is 0 Å². The maximum atomic E-state index is 10.8. The van der Waals surface area contributed by atoms with Gasteiger partial charge in [-0.1, -0.05) is 18.2 Å². The van der Waals surface area contributed by atoms with Gasteiger partial charge >= 0.3 is 0 Å². The first-order valence-corrected chi connectivity index (χ1v) is 7.17. The molecule has 0 saturated heterocycles. The number of nitrogens with zero attached hydrogens (tertiary/aromatic N) is 1. The van der Waals surface area contributed by atoms with Gasteiger partial charge in [0.05, 0.1) is 14.9 Å². The zero-order valence-corrected chi connectivity index (χ0v) is 12.6. The first-order valence-electron chi connectivity index (χ1n) is 6.38. The predicted octanol–water partition coefficient (Wildman–Crippen LogP) is 4.45. The molecule has 2 N–H and O–H groups in total. The van der Waals surface area contributed by atoms with E-state index in [0.717, 1.165) is 16.8 Å². The number of nitrogens with one attached hydrogen (secondary N) is 2. The molecule has 0 radical (unpaired) electrons. The molecule has 0 amide bonds. The number of halogens is 1. The van der Waals surface area contributed by atoms with Crippen molar-refractivity contribution in [3.8, 4) is 0 Å². The van der Waals surface area contributed by atoms with E-state index in [9.17, 15) is 10.1 Å². The number of nitro groups is 1. The zero-order chi connectivity index (χ0) is 14.8. The number of aromatic amines is 1. The molecule has 21 heavy (non-hydrogen) atoms. The molecular weight excluding hydrogens is 334 g/mol. The van der Waals surface area contributed by atoms with Gasteiger partial charge in [0.25, 0.3) is 5.69 Å². The number of H-pyrrole nitrogens is 1. The van der Waals surface area contributed by atoms with Gasteiger partial charge in [0.2, 0.25) is 0 Å². The van der Waals surface area contributed by atoms with Crippen molar-refractivity contribution in [2.45, 2.75) is 6.54 Å². The largest absolute Gasteiger partial charge is 0.381 e. The molecule has 2 aromatic carbocycles. The van der Waals surface area contributed by atoms with E-state index in [1.54, 1.807) is 12.1 Å². The van der Waals surface area contributed by atoms with Crippen LogP contribution in [0.4, 0.5) is 11.4 Å². The second kappa shape index (κ2) is 5.57. The van der Waals surface area contributed by atoms with Gasteiger partial charge in [0.15, 0.2) is 0 Å². The Morgan fingerprint density at radius 1 is 1.24 bits per heavy atom. The van der Waals surface area contributed by atoms with Crippen LogP contribution in [-0.4, -0.2) is 9.91 Å². The lowest BCUT2D eigenvalue weighted by molar-refractivity contribution is -0.385. The Balaban J connectivity index is 1.80. The molecule has 0 spiro atoms. The van der Waals surface area contributed by atoms with Gasteiger partial charge in [0.1, 0.15) is 0 Å². The first-order chi connectivity index (χ1) is 10.1. The van der Waals surface area contributed by atoms with E-state index >= 15 is 0 Å². The van der Waals surface area contributed by atoms with Gasteiger partial charge < -0.3 is 10.3 Å². The second-order valence-electron chi connectivity index (χ2n) is 4.64. The van der Waals surface area contributed by atoms with Gasteiger partial charge in [0, 0.05) is 24.5 Å². The van der Waals surface area contributed by atoms with Crippen LogP contribution >= 0.6 is 15.9 Å². The highest BCUT2D eigenvalue weighted by Gasteiger charge is 2.11. The molecule has 0 aliphatic heterocycles. The fourth-order valence-electron chi connectivity index (χ4n) is 2.26. The number of hydrogen-bond donors (Lipinski definition) is 2. The van der Waals surface area contributed by atoms with Crippen LogP contribution in [0.3, 0.4) is 0 Å². The third-order valence-electron chi connectivity index (χ3n) is 3.30. The topological polar surface area (TPSA) is 71.0 Å². The molecule has 3 rings (SSSR count). The van der Waals surface area contributed by atoms with Crippen molar-refractivity contribution < 1.29 is 4.92 Å². The molecule has 1 heterocycles. The van der Waals surface area contributed by atoms with Crippen LogP contribution < -0.4 is 5.32 Å². The van der Waals surface area contributed by atoms with Crippen molar-refractivity contribution >= 4 is 38.2 Å². The summed E-state index contributed by atoms with van der Waals surface area (Å²) < 4.78 is 0.468. The summed E-state index contributed by atoms with van der Waals surface area (Å²) in [5.41, 5.74) is 3.14. The molecule has 0 aliphatic carbocycles. The lowest BCUT2D eigenvalue weighted by atomic mass is 10.1. The van der Waals surface area contributed by atoms with Crippen molar-refractivity contribution in [2.75, 3.05) is 5.32 Å². The molecule has 0 saturated carbocycles. The minimum absolute atomic E-state index is 0.0621. The number of hydrogen-bond acceptors (Lipinski definition) is 3. The van der Waals surface area contributed by atoms with E-state index in [2.05, 4.69) is 32.3 Å². The maximum absolute atomic E-state index is 10.8. The van der Waals surface area contributed by atoms with Crippen molar-refractivity contribution in [2.24, 2.45) is 0 Å². The van der Waals surface area contributed by atoms with Crippen LogP contribution in [0.1, 0.15) is 5.56 Å². The summed E-state index contributed by atoms with van der Waals surface area (Å²) >= 11 is 3.22. The Kier molecular flexibility index (Phi) is 3.62. The highest BCUT2D eigenvalue weighted by molar-refractivity contribution is 9.10. The highest BCUT2D eigenvalue weighted by atomic mass is 79.9. The summed E-state index contributed by atoms with van der Waals surface area (Å²) in [7, 11) is 0. The average Bonchev–Trinajstić information content (AvgIpc) is 2.93. The van der Waals surface area contributed by atoms with Crippen LogP contribution in [0.5, 0.6) is 0 Å². The van der Waals surface area contributed by atoms with Gasteiger partial charge in [-0.15, -0.1) is 0 Å². The van der Waals surface area contributed by atoms with Gasteiger partial charge in [-0.25, -0.2) is 0 Å². The lowest BCUT2D eigenvalue weighted by Gasteiger charge is -2.08. The van der Waals surface area contributed by atoms with Crippen LogP contribution in [0.2, 0.25) is 0 Å². The van der Waals surface area contributed by atoms with E-state index in [1.807, 2.05) is 24.4 Å². The molecule has 3 aromatic rings. The molecule has 0 fully saturated rings. The summed E-state index contributed by atoms with van der Waals surface area (Å²) in [5.74, 6) is 0. The quantitative estimate of drug-likeness (QED) is 0.542.